The topological polar surface area (TPSA) is 51.8 Å². The van der Waals surface area contributed by atoms with Crippen LogP contribution in [0.25, 0.3) is 111 Å². The number of hydrogen-bond acceptors (Lipinski definition) is 4. The van der Waals surface area contributed by atoms with Gasteiger partial charge in [-0.3, -0.25) is 0 Å². The SMILES string of the molecule is c1ccc(-c2cc(-c3cccc(-c4nc(-c5ccccc5)nc(-c5ccccc5)n4)c3)c(-c3ccccc3)c(-c3ccc4oc5ccc6ccccc6c5c4c3)c2)cc1. The molecule has 0 aliphatic heterocycles. The van der Waals surface area contributed by atoms with Crippen molar-refractivity contribution in [2.75, 3.05) is 0 Å². The van der Waals surface area contributed by atoms with Gasteiger partial charge in [-0.05, 0) is 91.7 Å². The maximum Gasteiger partial charge on any atom is 0.164 e. The maximum atomic E-state index is 6.46. The van der Waals surface area contributed by atoms with Gasteiger partial charge in [0.1, 0.15) is 11.2 Å². The molecule has 0 amide bonds. The zero-order chi connectivity index (χ0) is 39.1. The molecule has 0 fully saturated rings. The fourth-order valence-corrected chi connectivity index (χ4v) is 8.29. The van der Waals surface area contributed by atoms with E-state index in [2.05, 4.69) is 152 Å². The molecule has 0 atom stereocenters. The Morgan fingerprint density at radius 2 is 0.780 bits per heavy atom. The van der Waals surface area contributed by atoms with Crippen LogP contribution in [0.1, 0.15) is 0 Å². The molecule has 2 heterocycles. The molecule has 9 aromatic carbocycles. The van der Waals surface area contributed by atoms with Crippen molar-refractivity contribution in [2.45, 2.75) is 0 Å². The van der Waals surface area contributed by atoms with Gasteiger partial charge in [-0.15, -0.1) is 0 Å². The predicted octanol–water partition coefficient (Wildman–Crippen LogP) is 14.6. The van der Waals surface area contributed by atoms with E-state index in [9.17, 15) is 0 Å². The highest BCUT2D eigenvalue weighted by Crippen LogP contribution is 2.45. The van der Waals surface area contributed by atoms with E-state index < -0.39 is 0 Å². The van der Waals surface area contributed by atoms with Crippen LogP contribution in [0.3, 0.4) is 0 Å². The average Bonchev–Trinajstić information content (AvgIpc) is 3.71. The van der Waals surface area contributed by atoms with Crippen molar-refractivity contribution in [3.63, 3.8) is 0 Å². The van der Waals surface area contributed by atoms with E-state index in [0.717, 1.165) is 83.1 Å². The second-order valence-corrected chi connectivity index (χ2v) is 14.8. The molecule has 0 bridgehead atoms. The minimum absolute atomic E-state index is 0.616. The molecule has 11 rings (SSSR count). The lowest BCUT2D eigenvalue weighted by Gasteiger charge is -2.19. The summed E-state index contributed by atoms with van der Waals surface area (Å²) in [6.07, 6.45) is 0. The van der Waals surface area contributed by atoms with Crippen molar-refractivity contribution in [2.24, 2.45) is 0 Å². The van der Waals surface area contributed by atoms with Crippen LogP contribution in [-0.4, -0.2) is 15.0 Å². The van der Waals surface area contributed by atoms with Crippen LogP contribution in [0.15, 0.2) is 217 Å². The molecule has 59 heavy (non-hydrogen) atoms. The third kappa shape index (κ3) is 6.34. The van der Waals surface area contributed by atoms with Crippen molar-refractivity contribution in [3.8, 4) is 78.7 Å². The first-order valence-electron chi connectivity index (χ1n) is 19.8. The van der Waals surface area contributed by atoms with Gasteiger partial charge < -0.3 is 4.42 Å². The number of nitrogens with zero attached hydrogens (tertiary/aromatic N) is 3. The predicted molar refractivity (Wildman–Crippen MR) is 243 cm³/mol. The molecule has 4 heteroatoms. The van der Waals surface area contributed by atoms with E-state index in [0.29, 0.717) is 17.5 Å². The van der Waals surface area contributed by atoms with Gasteiger partial charge in [-0.1, -0.05) is 176 Å². The number of benzene rings is 9. The van der Waals surface area contributed by atoms with Crippen molar-refractivity contribution in [1.82, 2.24) is 15.0 Å². The molecule has 0 saturated carbocycles. The average molecular weight is 754 g/mol. The third-order valence-corrected chi connectivity index (χ3v) is 11.1. The van der Waals surface area contributed by atoms with Crippen LogP contribution in [0.4, 0.5) is 0 Å². The van der Waals surface area contributed by atoms with Gasteiger partial charge in [0.15, 0.2) is 17.5 Å². The van der Waals surface area contributed by atoms with Gasteiger partial charge >= 0.3 is 0 Å². The molecule has 0 saturated heterocycles. The van der Waals surface area contributed by atoms with Crippen molar-refractivity contribution in [3.05, 3.63) is 212 Å². The lowest BCUT2D eigenvalue weighted by Crippen LogP contribution is -2.00. The first-order valence-corrected chi connectivity index (χ1v) is 19.8. The normalized spacial score (nSPS) is 11.4. The first-order chi connectivity index (χ1) is 29.2. The second kappa shape index (κ2) is 14.5. The Hall–Kier alpha value is -7.95. The summed E-state index contributed by atoms with van der Waals surface area (Å²) in [5, 5.41) is 4.61. The summed E-state index contributed by atoms with van der Waals surface area (Å²) in [7, 11) is 0. The Labute approximate surface area is 341 Å². The quantitative estimate of drug-likeness (QED) is 0.163. The minimum Gasteiger partial charge on any atom is -0.456 e. The molecule has 0 unspecified atom stereocenters. The van der Waals surface area contributed by atoms with Crippen LogP contribution in [0, 0.1) is 0 Å². The second-order valence-electron chi connectivity index (χ2n) is 14.8. The van der Waals surface area contributed by atoms with Gasteiger partial charge in [-0.25, -0.2) is 15.0 Å². The summed E-state index contributed by atoms with van der Waals surface area (Å²) in [5.74, 6) is 1.88. The van der Waals surface area contributed by atoms with E-state index in [1.807, 2.05) is 60.7 Å². The van der Waals surface area contributed by atoms with E-state index in [-0.39, 0.29) is 0 Å². The number of furan rings is 1. The number of hydrogen-bond donors (Lipinski definition) is 0. The zero-order valence-electron chi connectivity index (χ0n) is 32.0. The summed E-state index contributed by atoms with van der Waals surface area (Å²) >= 11 is 0. The molecule has 276 valence electrons. The Morgan fingerprint density at radius 1 is 0.288 bits per heavy atom. The highest BCUT2D eigenvalue weighted by Gasteiger charge is 2.20. The Bertz CT molecular complexity index is 3250. The van der Waals surface area contributed by atoms with Crippen LogP contribution < -0.4 is 0 Å². The molecular weight excluding hydrogens is 719 g/mol. The molecule has 0 aliphatic rings. The number of rotatable bonds is 7. The smallest absolute Gasteiger partial charge is 0.164 e. The molecule has 4 nitrogen and oxygen atoms in total. The fraction of sp³-hybridized carbons (Fsp3) is 0. The third-order valence-electron chi connectivity index (χ3n) is 11.1. The van der Waals surface area contributed by atoms with E-state index in [1.54, 1.807) is 0 Å². The van der Waals surface area contributed by atoms with E-state index in [1.165, 1.54) is 10.8 Å². The number of fused-ring (bicyclic) bond motifs is 5. The van der Waals surface area contributed by atoms with Gasteiger partial charge in [0, 0.05) is 27.5 Å². The van der Waals surface area contributed by atoms with Crippen LogP contribution in [0.5, 0.6) is 0 Å². The monoisotopic (exact) mass is 753 g/mol. The molecule has 2 aromatic heterocycles. The van der Waals surface area contributed by atoms with Gasteiger partial charge in [0.25, 0.3) is 0 Å². The molecular formula is C55H35N3O. The highest BCUT2D eigenvalue weighted by molar-refractivity contribution is 6.19. The first kappa shape index (κ1) is 34.3. The summed E-state index contributed by atoms with van der Waals surface area (Å²) in [6, 6.07) is 74.3. The van der Waals surface area contributed by atoms with E-state index >= 15 is 0 Å². The Kier molecular flexibility index (Phi) is 8.45. The zero-order valence-corrected chi connectivity index (χ0v) is 32.0. The Morgan fingerprint density at radius 3 is 1.42 bits per heavy atom. The molecule has 0 aliphatic carbocycles. The van der Waals surface area contributed by atoms with Crippen LogP contribution >= 0.6 is 0 Å². The van der Waals surface area contributed by atoms with Crippen LogP contribution in [0.2, 0.25) is 0 Å². The largest absolute Gasteiger partial charge is 0.456 e. The van der Waals surface area contributed by atoms with Crippen LogP contribution in [-0.2, 0) is 0 Å². The number of aromatic nitrogens is 3. The molecule has 0 radical (unpaired) electrons. The standard InChI is InChI=1S/C55H35N3O/c1-5-16-36(17-6-1)44-34-46(41-25-15-26-43(32-41)55-57-53(39-21-9-3-10-22-39)56-54(58-55)40-23-11-4-12-24-40)51(38-19-7-2-8-20-38)47(35-44)42-29-30-49-48(33-42)52-45-27-14-13-18-37(45)28-31-50(52)59-49/h1-35H. The summed E-state index contributed by atoms with van der Waals surface area (Å²) in [4.78, 5) is 15.1. The van der Waals surface area contributed by atoms with Gasteiger partial charge in [0.05, 0.1) is 0 Å². The maximum absolute atomic E-state index is 6.46. The molecule has 11 aromatic rings. The lowest BCUT2D eigenvalue weighted by molar-refractivity contribution is 0.669. The van der Waals surface area contributed by atoms with Gasteiger partial charge in [0.2, 0.25) is 0 Å². The summed E-state index contributed by atoms with van der Waals surface area (Å²) in [6.45, 7) is 0. The summed E-state index contributed by atoms with van der Waals surface area (Å²) < 4.78 is 6.46. The lowest BCUT2D eigenvalue weighted by atomic mass is 9.84. The van der Waals surface area contributed by atoms with Crippen molar-refractivity contribution < 1.29 is 4.42 Å². The minimum atomic E-state index is 0.616. The van der Waals surface area contributed by atoms with E-state index in [4.69, 9.17) is 19.4 Å². The van der Waals surface area contributed by atoms with Crippen molar-refractivity contribution >= 4 is 32.7 Å². The van der Waals surface area contributed by atoms with Crippen molar-refractivity contribution in [1.29, 1.82) is 0 Å². The fourth-order valence-electron chi connectivity index (χ4n) is 8.29. The van der Waals surface area contributed by atoms with Gasteiger partial charge in [-0.2, -0.15) is 0 Å². The molecule has 0 spiro atoms. The molecule has 0 N–H and O–H groups in total. The Balaban J connectivity index is 1.16. The summed E-state index contributed by atoms with van der Waals surface area (Å²) in [5.41, 5.74) is 13.5. The highest BCUT2D eigenvalue weighted by atomic mass is 16.3.